The standard InChI is InChI=1S/C12H15F3N2O3/c1-16(7-6-12(13,14)15)8-9-20-11-5-3-2-4-10(11)17(18)19/h2-5H,6-9H2,1H3. The zero-order valence-electron chi connectivity index (χ0n) is 10.9. The molecule has 0 unspecified atom stereocenters. The Kier molecular flexibility index (Phi) is 5.75. The molecular weight excluding hydrogens is 277 g/mol. The molecule has 5 nitrogen and oxygen atoms in total. The predicted octanol–water partition coefficient (Wildman–Crippen LogP) is 2.86. The first kappa shape index (κ1) is 16.2. The number of nitrogens with zero attached hydrogens (tertiary/aromatic N) is 2. The van der Waals surface area contributed by atoms with Crippen LogP contribution in [0.3, 0.4) is 0 Å². The Morgan fingerprint density at radius 1 is 1.30 bits per heavy atom. The van der Waals surface area contributed by atoms with Crippen molar-refractivity contribution in [3.8, 4) is 5.75 Å². The minimum absolute atomic E-state index is 0.0826. The quantitative estimate of drug-likeness (QED) is 0.573. The second kappa shape index (κ2) is 7.09. The average molecular weight is 292 g/mol. The van der Waals surface area contributed by atoms with Gasteiger partial charge in [0.15, 0.2) is 5.75 Å². The Bertz CT molecular complexity index is 452. The molecule has 0 aliphatic carbocycles. The molecule has 0 aliphatic heterocycles. The Labute approximate surface area is 114 Å². The number of ether oxygens (including phenoxy) is 1. The Hall–Kier alpha value is -1.83. The minimum Gasteiger partial charge on any atom is -0.485 e. The molecule has 0 N–H and O–H groups in total. The molecule has 0 amide bonds. The normalized spacial score (nSPS) is 11.7. The van der Waals surface area contributed by atoms with Crippen molar-refractivity contribution in [3.63, 3.8) is 0 Å². The maximum Gasteiger partial charge on any atom is 0.390 e. The lowest BCUT2D eigenvalue weighted by Crippen LogP contribution is -2.28. The first-order valence-corrected chi connectivity index (χ1v) is 5.91. The zero-order valence-corrected chi connectivity index (χ0v) is 10.9. The van der Waals surface area contributed by atoms with Gasteiger partial charge in [0.1, 0.15) is 6.61 Å². The molecular formula is C12H15F3N2O3. The fraction of sp³-hybridized carbons (Fsp3) is 0.500. The number of benzene rings is 1. The van der Waals surface area contributed by atoms with E-state index in [0.29, 0.717) is 0 Å². The molecule has 0 aromatic heterocycles. The molecule has 0 fully saturated rings. The number of para-hydroxylation sites is 2. The van der Waals surface area contributed by atoms with Gasteiger partial charge in [-0.15, -0.1) is 0 Å². The monoisotopic (exact) mass is 292 g/mol. The summed E-state index contributed by atoms with van der Waals surface area (Å²) in [5.41, 5.74) is -0.162. The van der Waals surface area contributed by atoms with E-state index in [-0.39, 0.29) is 31.1 Å². The number of nitro benzene ring substituents is 1. The van der Waals surface area contributed by atoms with Crippen molar-refractivity contribution in [1.82, 2.24) is 4.90 Å². The van der Waals surface area contributed by atoms with E-state index >= 15 is 0 Å². The topological polar surface area (TPSA) is 55.6 Å². The van der Waals surface area contributed by atoms with E-state index in [1.54, 1.807) is 6.07 Å². The molecule has 8 heteroatoms. The molecule has 0 saturated carbocycles. The highest BCUT2D eigenvalue weighted by Gasteiger charge is 2.27. The van der Waals surface area contributed by atoms with Crippen LogP contribution in [0.2, 0.25) is 0 Å². The van der Waals surface area contributed by atoms with E-state index in [1.165, 1.54) is 30.1 Å². The third-order valence-electron chi connectivity index (χ3n) is 2.57. The van der Waals surface area contributed by atoms with Crippen LogP contribution in [0.4, 0.5) is 18.9 Å². The third kappa shape index (κ3) is 5.87. The van der Waals surface area contributed by atoms with E-state index in [9.17, 15) is 23.3 Å². The number of hydrogen-bond donors (Lipinski definition) is 0. The number of likely N-dealkylation sites (N-methyl/N-ethyl adjacent to an activating group) is 1. The highest BCUT2D eigenvalue weighted by molar-refractivity contribution is 5.45. The molecule has 0 radical (unpaired) electrons. The Morgan fingerprint density at radius 2 is 1.95 bits per heavy atom. The summed E-state index contributed by atoms with van der Waals surface area (Å²) in [5.74, 6) is 0.113. The van der Waals surface area contributed by atoms with E-state index in [0.717, 1.165) is 0 Å². The van der Waals surface area contributed by atoms with E-state index in [1.807, 2.05) is 0 Å². The van der Waals surface area contributed by atoms with Gasteiger partial charge < -0.3 is 9.64 Å². The van der Waals surface area contributed by atoms with Gasteiger partial charge >= 0.3 is 11.9 Å². The van der Waals surface area contributed by atoms with Crippen LogP contribution in [0.1, 0.15) is 6.42 Å². The predicted molar refractivity (Wildman–Crippen MR) is 66.8 cm³/mol. The summed E-state index contributed by atoms with van der Waals surface area (Å²) < 4.78 is 41.3. The molecule has 0 bridgehead atoms. The summed E-state index contributed by atoms with van der Waals surface area (Å²) in [7, 11) is 1.54. The van der Waals surface area contributed by atoms with Crippen molar-refractivity contribution >= 4 is 5.69 Å². The molecule has 0 aliphatic rings. The summed E-state index contributed by atoms with van der Waals surface area (Å²) in [6.07, 6.45) is -5.08. The van der Waals surface area contributed by atoms with Gasteiger partial charge in [-0.1, -0.05) is 12.1 Å². The molecule has 1 rings (SSSR count). The number of hydrogen-bond acceptors (Lipinski definition) is 4. The average Bonchev–Trinajstić information content (AvgIpc) is 2.36. The third-order valence-corrected chi connectivity index (χ3v) is 2.57. The van der Waals surface area contributed by atoms with Gasteiger partial charge in [0.2, 0.25) is 0 Å². The van der Waals surface area contributed by atoms with Crippen LogP contribution in [0.5, 0.6) is 5.75 Å². The summed E-state index contributed by atoms with van der Waals surface area (Å²) >= 11 is 0. The van der Waals surface area contributed by atoms with Crippen LogP contribution in [0.25, 0.3) is 0 Å². The van der Waals surface area contributed by atoms with E-state index in [4.69, 9.17) is 4.74 Å². The van der Waals surface area contributed by atoms with Crippen LogP contribution < -0.4 is 4.74 Å². The van der Waals surface area contributed by atoms with Crippen LogP contribution in [0.15, 0.2) is 24.3 Å². The molecule has 20 heavy (non-hydrogen) atoms. The smallest absolute Gasteiger partial charge is 0.390 e. The fourth-order valence-electron chi connectivity index (χ4n) is 1.47. The highest BCUT2D eigenvalue weighted by atomic mass is 19.4. The fourth-order valence-corrected chi connectivity index (χ4v) is 1.47. The first-order chi connectivity index (χ1) is 9.29. The Morgan fingerprint density at radius 3 is 2.55 bits per heavy atom. The van der Waals surface area contributed by atoms with Gasteiger partial charge in [-0.3, -0.25) is 10.1 Å². The lowest BCUT2D eigenvalue weighted by Gasteiger charge is -2.17. The van der Waals surface area contributed by atoms with Crippen LogP contribution in [0, 0.1) is 10.1 Å². The van der Waals surface area contributed by atoms with Crippen LogP contribution >= 0.6 is 0 Å². The largest absolute Gasteiger partial charge is 0.485 e. The lowest BCUT2D eigenvalue weighted by atomic mass is 10.3. The van der Waals surface area contributed by atoms with Crippen molar-refractivity contribution in [2.75, 3.05) is 26.7 Å². The molecule has 0 atom stereocenters. The van der Waals surface area contributed by atoms with Crippen molar-refractivity contribution in [3.05, 3.63) is 34.4 Å². The van der Waals surface area contributed by atoms with Gasteiger partial charge in [-0.25, -0.2) is 0 Å². The lowest BCUT2D eigenvalue weighted by molar-refractivity contribution is -0.385. The van der Waals surface area contributed by atoms with Gasteiger partial charge in [-0.2, -0.15) is 13.2 Å². The van der Waals surface area contributed by atoms with Gasteiger partial charge in [0, 0.05) is 19.2 Å². The summed E-state index contributed by atoms with van der Waals surface area (Å²) in [4.78, 5) is 11.6. The molecule has 1 aromatic carbocycles. The van der Waals surface area contributed by atoms with Gasteiger partial charge in [0.25, 0.3) is 0 Å². The number of rotatable bonds is 7. The first-order valence-electron chi connectivity index (χ1n) is 5.91. The van der Waals surface area contributed by atoms with Crippen LogP contribution in [-0.2, 0) is 0 Å². The van der Waals surface area contributed by atoms with E-state index < -0.39 is 17.5 Å². The maximum absolute atomic E-state index is 12.0. The summed E-state index contributed by atoms with van der Waals surface area (Å²) in [6.45, 7) is 0.199. The summed E-state index contributed by atoms with van der Waals surface area (Å²) in [6, 6.07) is 5.87. The molecule has 0 saturated heterocycles. The van der Waals surface area contributed by atoms with Crippen molar-refractivity contribution < 1.29 is 22.8 Å². The van der Waals surface area contributed by atoms with Gasteiger partial charge in [-0.05, 0) is 13.1 Å². The molecule has 1 aromatic rings. The minimum atomic E-state index is -4.19. The molecule has 112 valence electrons. The number of halogens is 3. The Balaban J connectivity index is 2.39. The second-order valence-corrected chi connectivity index (χ2v) is 4.24. The maximum atomic E-state index is 12.0. The second-order valence-electron chi connectivity index (χ2n) is 4.24. The SMILES string of the molecule is CN(CCOc1ccccc1[N+](=O)[O-])CCC(F)(F)F. The van der Waals surface area contributed by atoms with Crippen molar-refractivity contribution in [2.45, 2.75) is 12.6 Å². The van der Waals surface area contributed by atoms with E-state index in [2.05, 4.69) is 0 Å². The molecule has 0 heterocycles. The molecule has 0 spiro atoms. The highest BCUT2D eigenvalue weighted by Crippen LogP contribution is 2.25. The van der Waals surface area contributed by atoms with Crippen molar-refractivity contribution in [1.29, 1.82) is 0 Å². The van der Waals surface area contributed by atoms with Crippen molar-refractivity contribution in [2.24, 2.45) is 0 Å². The van der Waals surface area contributed by atoms with Gasteiger partial charge in [0.05, 0.1) is 11.3 Å². The number of nitro groups is 1. The summed E-state index contributed by atoms with van der Waals surface area (Å²) in [5, 5.41) is 10.7. The number of alkyl halides is 3. The van der Waals surface area contributed by atoms with Crippen LogP contribution in [-0.4, -0.2) is 42.7 Å². The zero-order chi connectivity index (χ0) is 15.2.